The van der Waals surface area contributed by atoms with Gasteiger partial charge in [0.1, 0.15) is 23.9 Å². The lowest BCUT2D eigenvalue weighted by atomic mass is 9.86. The minimum absolute atomic E-state index is 0.0502. The summed E-state index contributed by atoms with van der Waals surface area (Å²) in [5, 5.41) is 4.72. The highest BCUT2D eigenvalue weighted by molar-refractivity contribution is 9.10. The third-order valence-corrected chi connectivity index (χ3v) is 5.62. The van der Waals surface area contributed by atoms with E-state index >= 15 is 0 Å². The van der Waals surface area contributed by atoms with E-state index < -0.39 is 29.2 Å². The van der Waals surface area contributed by atoms with Crippen LogP contribution >= 0.6 is 15.9 Å². The Morgan fingerprint density at radius 3 is 2.55 bits per heavy atom. The number of ether oxygens (including phenoxy) is 1. The van der Waals surface area contributed by atoms with Crippen molar-refractivity contribution in [3.05, 3.63) is 93.2 Å². The summed E-state index contributed by atoms with van der Waals surface area (Å²) in [5.41, 5.74) is 2.44. The van der Waals surface area contributed by atoms with Crippen LogP contribution in [0.4, 0.5) is 23.7 Å². The molecule has 8 heteroatoms. The first-order chi connectivity index (χ1) is 14.9. The van der Waals surface area contributed by atoms with Crippen LogP contribution in [0.15, 0.2) is 59.1 Å². The second-order valence-electron chi connectivity index (χ2n) is 7.14. The van der Waals surface area contributed by atoms with E-state index in [0.29, 0.717) is 25.2 Å². The fourth-order valence-electron chi connectivity index (χ4n) is 3.71. The predicted molar refractivity (Wildman–Crippen MR) is 115 cm³/mol. The van der Waals surface area contributed by atoms with Crippen molar-refractivity contribution in [1.29, 1.82) is 0 Å². The lowest BCUT2D eigenvalue weighted by molar-refractivity contribution is 0.251. The predicted octanol–water partition coefficient (Wildman–Crippen LogP) is 6.10. The number of anilines is 1. The molecule has 1 atom stereocenters. The first-order valence-electron chi connectivity index (χ1n) is 9.62. The summed E-state index contributed by atoms with van der Waals surface area (Å²) in [6.45, 7) is 0.680. The minimum Gasteiger partial charge on any atom is -0.489 e. The van der Waals surface area contributed by atoms with E-state index in [-0.39, 0.29) is 12.5 Å². The van der Waals surface area contributed by atoms with Crippen molar-refractivity contribution in [1.82, 2.24) is 5.32 Å². The molecule has 0 spiro atoms. The van der Waals surface area contributed by atoms with Gasteiger partial charge in [0.15, 0.2) is 11.6 Å². The van der Waals surface area contributed by atoms with Crippen LogP contribution in [-0.2, 0) is 6.61 Å². The summed E-state index contributed by atoms with van der Waals surface area (Å²) in [4.78, 5) is 12.2. The van der Waals surface area contributed by atoms with Crippen molar-refractivity contribution < 1.29 is 22.7 Å². The second-order valence-corrected chi connectivity index (χ2v) is 8.05. The second kappa shape index (κ2) is 9.01. The molecule has 4 nitrogen and oxygen atoms in total. The molecule has 0 saturated carbocycles. The largest absolute Gasteiger partial charge is 0.489 e. The maximum atomic E-state index is 13.8. The number of benzene rings is 3. The van der Waals surface area contributed by atoms with Gasteiger partial charge in [0.25, 0.3) is 0 Å². The fourth-order valence-corrected chi connectivity index (χ4v) is 4.09. The van der Waals surface area contributed by atoms with Crippen molar-refractivity contribution in [3.8, 4) is 5.75 Å². The summed E-state index contributed by atoms with van der Waals surface area (Å²) in [5.74, 6) is -2.70. The Morgan fingerprint density at radius 1 is 1.03 bits per heavy atom. The van der Waals surface area contributed by atoms with Gasteiger partial charge in [-0.1, -0.05) is 40.2 Å². The molecule has 0 radical (unpaired) electrons. The Bertz CT molecular complexity index is 1120. The molecule has 0 aliphatic carbocycles. The zero-order valence-electron chi connectivity index (χ0n) is 16.2. The number of hydrogen-bond donors (Lipinski definition) is 2. The van der Waals surface area contributed by atoms with E-state index in [1.807, 2.05) is 42.5 Å². The van der Waals surface area contributed by atoms with Crippen molar-refractivity contribution in [3.63, 3.8) is 0 Å². The van der Waals surface area contributed by atoms with Gasteiger partial charge in [-0.25, -0.2) is 18.0 Å². The third-order valence-electron chi connectivity index (χ3n) is 5.12. The van der Waals surface area contributed by atoms with Crippen LogP contribution in [0.2, 0.25) is 0 Å². The number of carbonyl (C=O) groups is 1. The van der Waals surface area contributed by atoms with Crippen molar-refractivity contribution in [2.45, 2.75) is 18.9 Å². The highest BCUT2D eigenvalue weighted by Crippen LogP contribution is 2.40. The first kappa shape index (κ1) is 21.2. The number of urea groups is 1. The van der Waals surface area contributed by atoms with Gasteiger partial charge in [0, 0.05) is 34.6 Å². The Kier molecular flexibility index (Phi) is 6.18. The third kappa shape index (κ3) is 4.69. The van der Waals surface area contributed by atoms with E-state index in [1.54, 1.807) is 0 Å². The Labute approximate surface area is 185 Å². The topological polar surface area (TPSA) is 50.4 Å². The van der Waals surface area contributed by atoms with Crippen LogP contribution in [-0.4, -0.2) is 12.6 Å². The van der Waals surface area contributed by atoms with Crippen LogP contribution in [0.25, 0.3) is 0 Å². The van der Waals surface area contributed by atoms with Gasteiger partial charge < -0.3 is 15.4 Å². The molecule has 3 aromatic rings. The van der Waals surface area contributed by atoms with Crippen LogP contribution in [0.5, 0.6) is 5.75 Å². The quantitative estimate of drug-likeness (QED) is 0.464. The van der Waals surface area contributed by atoms with Gasteiger partial charge in [0.05, 0.1) is 0 Å². The van der Waals surface area contributed by atoms with Gasteiger partial charge in [-0.3, -0.25) is 0 Å². The zero-order chi connectivity index (χ0) is 22.0. The summed E-state index contributed by atoms with van der Waals surface area (Å²) in [6.07, 6.45) is 0.533. The Morgan fingerprint density at radius 2 is 1.77 bits per heavy atom. The summed E-state index contributed by atoms with van der Waals surface area (Å²) >= 11 is 3.50. The number of amides is 2. The molecule has 3 aromatic carbocycles. The van der Waals surface area contributed by atoms with Crippen molar-refractivity contribution in [2.75, 3.05) is 11.9 Å². The number of hydrogen-bond acceptors (Lipinski definition) is 2. The molecule has 2 N–H and O–H groups in total. The van der Waals surface area contributed by atoms with Crippen molar-refractivity contribution in [2.24, 2.45) is 0 Å². The summed E-state index contributed by atoms with van der Waals surface area (Å²) in [6, 6.07) is 14.0. The molecule has 2 amide bonds. The molecule has 4 rings (SSSR count). The number of nitrogens with one attached hydrogen (secondary N) is 2. The van der Waals surface area contributed by atoms with E-state index in [1.165, 1.54) is 0 Å². The van der Waals surface area contributed by atoms with Gasteiger partial charge in [-0.15, -0.1) is 0 Å². The van der Waals surface area contributed by atoms with Gasteiger partial charge in [0.2, 0.25) is 0 Å². The van der Waals surface area contributed by atoms with Crippen LogP contribution in [0.3, 0.4) is 0 Å². The van der Waals surface area contributed by atoms with Gasteiger partial charge >= 0.3 is 6.03 Å². The molecule has 31 heavy (non-hydrogen) atoms. The lowest BCUT2D eigenvalue weighted by Gasteiger charge is -2.20. The molecular weight excluding hydrogens is 473 g/mol. The highest BCUT2D eigenvalue weighted by Gasteiger charge is 2.25. The Balaban J connectivity index is 1.50. The van der Waals surface area contributed by atoms with Crippen LogP contribution < -0.4 is 15.4 Å². The smallest absolute Gasteiger partial charge is 0.319 e. The highest BCUT2D eigenvalue weighted by atomic mass is 79.9. The SMILES string of the molecule is O=C(NCCC1c2ccccc2COc2ccc(Br)cc21)Nc1c(F)cc(F)cc1F. The Hall–Kier alpha value is -3.00. The molecule has 160 valence electrons. The number of halogens is 4. The molecule has 1 unspecified atom stereocenters. The molecule has 0 fully saturated rings. The van der Waals surface area contributed by atoms with Crippen LogP contribution in [0, 0.1) is 17.5 Å². The molecule has 1 aliphatic heterocycles. The maximum absolute atomic E-state index is 13.8. The van der Waals surface area contributed by atoms with E-state index in [2.05, 4.69) is 26.6 Å². The maximum Gasteiger partial charge on any atom is 0.319 e. The monoisotopic (exact) mass is 490 g/mol. The summed E-state index contributed by atoms with van der Waals surface area (Å²) in [7, 11) is 0. The average Bonchev–Trinajstić information content (AvgIpc) is 2.88. The number of fused-ring (bicyclic) bond motifs is 2. The van der Waals surface area contributed by atoms with Gasteiger partial charge in [-0.2, -0.15) is 0 Å². The normalized spacial score (nSPS) is 14.6. The standard InChI is InChI=1S/C23H18BrF3N2O2/c24-14-5-6-21-18(9-14)17(16-4-2-1-3-13(16)12-31-21)7-8-28-23(30)29-22-19(26)10-15(25)11-20(22)27/h1-6,9-11,17H,7-8,12H2,(H2,28,29,30). The molecule has 0 aromatic heterocycles. The summed E-state index contributed by atoms with van der Waals surface area (Å²) < 4.78 is 47.4. The molecule has 0 bridgehead atoms. The van der Waals surface area contributed by atoms with Crippen LogP contribution in [0.1, 0.15) is 29.0 Å². The molecule has 0 saturated heterocycles. The minimum atomic E-state index is -1.18. The average molecular weight is 491 g/mol. The van der Waals surface area contributed by atoms with E-state index in [0.717, 1.165) is 26.9 Å². The molecular formula is C23H18BrF3N2O2. The number of rotatable bonds is 4. The molecule has 1 aliphatic rings. The lowest BCUT2D eigenvalue weighted by Crippen LogP contribution is -2.31. The number of carbonyl (C=O) groups excluding carboxylic acids is 1. The first-order valence-corrected chi connectivity index (χ1v) is 10.4. The zero-order valence-corrected chi connectivity index (χ0v) is 17.8. The molecule has 1 heterocycles. The van der Waals surface area contributed by atoms with Crippen molar-refractivity contribution >= 4 is 27.6 Å². The van der Waals surface area contributed by atoms with Gasteiger partial charge in [-0.05, 0) is 35.7 Å². The fraction of sp³-hybridized carbons (Fsp3) is 0.174. The van der Waals surface area contributed by atoms with E-state index in [9.17, 15) is 18.0 Å². The van der Waals surface area contributed by atoms with E-state index in [4.69, 9.17) is 4.74 Å².